The predicted molar refractivity (Wildman–Crippen MR) is 69.2 cm³/mol. The Morgan fingerprint density at radius 3 is 2.40 bits per heavy atom. The van der Waals surface area contributed by atoms with Gasteiger partial charge < -0.3 is 10.4 Å². The molecule has 20 heavy (non-hydrogen) atoms. The smallest absolute Gasteiger partial charge is 0.328 e. The number of rotatable bonds is 4. The highest BCUT2D eigenvalue weighted by atomic mass is 16.3. The summed E-state index contributed by atoms with van der Waals surface area (Å²) in [4.78, 5) is 23.0. The van der Waals surface area contributed by atoms with Gasteiger partial charge in [0.25, 0.3) is 0 Å². The first-order chi connectivity index (χ1) is 9.65. The molecular weight excluding hydrogens is 262 g/mol. The highest BCUT2D eigenvalue weighted by molar-refractivity contribution is 6.38. The van der Waals surface area contributed by atoms with Gasteiger partial charge in [-0.2, -0.15) is 0 Å². The van der Waals surface area contributed by atoms with Crippen molar-refractivity contribution in [3.05, 3.63) is 42.5 Å². The van der Waals surface area contributed by atoms with Gasteiger partial charge in [0.1, 0.15) is 18.4 Å². The standard InChI is InChI=1S/C12H13N5O3/c18-10-3-1-9(2-4-10)5-6-13-11(19)12(20)16-17-7-14-15-8-17/h1-4,7-8,18H,5-6H2,(H,13,19)(H,16,20). The molecule has 0 aliphatic heterocycles. The molecule has 1 heterocycles. The van der Waals surface area contributed by atoms with Crippen LogP contribution in [0.5, 0.6) is 5.75 Å². The van der Waals surface area contributed by atoms with Gasteiger partial charge >= 0.3 is 11.8 Å². The Bertz CT molecular complexity index is 580. The number of aromatic hydroxyl groups is 1. The van der Waals surface area contributed by atoms with Gasteiger partial charge in [-0.15, -0.1) is 10.2 Å². The number of nitrogens with zero attached hydrogens (tertiary/aromatic N) is 3. The number of phenols is 1. The lowest BCUT2D eigenvalue weighted by molar-refractivity contribution is -0.136. The average molecular weight is 275 g/mol. The fraction of sp³-hybridized carbons (Fsp3) is 0.167. The topological polar surface area (TPSA) is 109 Å². The molecule has 0 spiro atoms. The van der Waals surface area contributed by atoms with Gasteiger partial charge in [-0.3, -0.25) is 15.0 Å². The van der Waals surface area contributed by atoms with Crippen LogP contribution in [0, 0.1) is 0 Å². The Labute approximate surface area is 114 Å². The summed E-state index contributed by atoms with van der Waals surface area (Å²) in [7, 11) is 0. The van der Waals surface area contributed by atoms with E-state index in [1.54, 1.807) is 24.3 Å². The first-order valence-electron chi connectivity index (χ1n) is 5.87. The molecule has 2 amide bonds. The van der Waals surface area contributed by atoms with Crippen molar-refractivity contribution in [2.24, 2.45) is 0 Å². The molecule has 104 valence electrons. The SMILES string of the molecule is O=C(NCCc1ccc(O)cc1)C(=O)Nn1cnnc1. The number of carbonyl (C=O) groups excluding carboxylic acids is 2. The van der Waals surface area contributed by atoms with Gasteiger partial charge in [0, 0.05) is 6.54 Å². The largest absolute Gasteiger partial charge is 0.508 e. The fourth-order valence-corrected chi connectivity index (χ4v) is 1.49. The molecule has 1 aromatic heterocycles. The minimum absolute atomic E-state index is 0.186. The Morgan fingerprint density at radius 2 is 1.75 bits per heavy atom. The van der Waals surface area contributed by atoms with E-state index in [0.717, 1.165) is 5.56 Å². The summed E-state index contributed by atoms with van der Waals surface area (Å²) in [5.74, 6) is -1.35. The van der Waals surface area contributed by atoms with Crippen LogP contribution < -0.4 is 10.7 Å². The number of nitrogens with one attached hydrogen (secondary N) is 2. The molecule has 0 saturated heterocycles. The van der Waals surface area contributed by atoms with E-state index < -0.39 is 11.8 Å². The van der Waals surface area contributed by atoms with E-state index in [1.165, 1.54) is 17.3 Å². The first-order valence-corrected chi connectivity index (χ1v) is 5.87. The lowest BCUT2D eigenvalue weighted by atomic mass is 10.1. The Kier molecular flexibility index (Phi) is 4.28. The summed E-state index contributed by atoms with van der Waals surface area (Å²) < 4.78 is 1.18. The number of hydrogen-bond donors (Lipinski definition) is 3. The molecule has 0 aliphatic rings. The quantitative estimate of drug-likeness (QED) is 0.646. The normalized spacial score (nSPS) is 10.0. The highest BCUT2D eigenvalue weighted by Gasteiger charge is 2.12. The fourth-order valence-electron chi connectivity index (χ4n) is 1.49. The van der Waals surface area contributed by atoms with Crippen LogP contribution in [0.15, 0.2) is 36.9 Å². The van der Waals surface area contributed by atoms with Crippen molar-refractivity contribution in [3.8, 4) is 5.75 Å². The van der Waals surface area contributed by atoms with Crippen molar-refractivity contribution in [2.75, 3.05) is 12.0 Å². The van der Waals surface area contributed by atoms with Crippen LogP contribution in [-0.2, 0) is 16.0 Å². The molecule has 0 fully saturated rings. The molecule has 8 heteroatoms. The zero-order chi connectivity index (χ0) is 14.4. The van der Waals surface area contributed by atoms with Crippen LogP contribution in [0.3, 0.4) is 0 Å². The van der Waals surface area contributed by atoms with Crippen LogP contribution in [0.1, 0.15) is 5.56 Å². The van der Waals surface area contributed by atoms with Crippen LogP contribution in [0.25, 0.3) is 0 Å². The maximum absolute atomic E-state index is 11.5. The van der Waals surface area contributed by atoms with Crippen LogP contribution in [0.2, 0.25) is 0 Å². The van der Waals surface area contributed by atoms with Gasteiger partial charge in [-0.25, -0.2) is 4.68 Å². The third-order valence-corrected chi connectivity index (χ3v) is 2.49. The summed E-state index contributed by atoms with van der Waals surface area (Å²) in [6, 6.07) is 6.63. The second-order valence-corrected chi connectivity index (χ2v) is 3.98. The lowest BCUT2D eigenvalue weighted by Gasteiger charge is -2.06. The monoisotopic (exact) mass is 275 g/mol. The minimum atomic E-state index is -0.796. The maximum Gasteiger partial charge on any atom is 0.328 e. The van der Waals surface area contributed by atoms with Crippen molar-refractivity contribution < 1.29 is 14.7 Å². The summed E-state index contributed by atoms with van der Waals surface area (Å²) in [5.41, 5.74) is 3.23. The molecular formula is C12H13N5O3. The molecule has 8 nitrogen and oxygen atoms in total. The third kappa shape index (κ3) is 3.80. The van der Waals surface area contributed by atoms with Crippen molar-refractivity contribution >= 4 is 11.8 Å². The van der Waals surface area contributed by atoms with Crippen LogP contribution in [0.4, 0.5) is 0 Å². The van der Waals surface area contributed by atoms with E-state index in [9.17, 15) is 9.59 Å². The zero-order valence-corrected chi connectivity index (χ0v) is 10.5. The molecule has 3 N–H and O–H groups in total. The average Bonchev–Trinajstić information content (AvgIpc) is 2.93. The van der Waals surface area contributed by atoms with Gasteiger partial charge in [0.15, 0.2) is 0 Å². The van der Waals surface area contributed by atoms with Crippen molar-refractivity contribution in [1.82, 2.24) is 20.2 Å². The summed E-state index contributed by atoms with van der Waals surface area (Å²) in [5, 5.41) is 18.6. The predicted octanol–water partition coefficient (Wildman–Crippen LogP) is -0.587. The van der Waals surface area contributed by atoms with E-state index in [4.69, 9.17) is 5.11 Å². The first kappa shape index (κ1) is 13.5. The van der Waals surface area contributed by atoms with Gasteiger partial charge in [-0.1, -0.05) is 12.1 Å². The molecule has 0 radical (unpaired) electrons. The molecule has 2 aromatic rings. The number of phenolic OH excluding ortho intramolecular Hbond substituents is 1. The van der Waals surface area contributed by atoms with Gasteiger partial charge in [-0.05, 0) is 24.1 Å². The molecule has 0 aliphatic carbocycles. The lowest BCUT2D eigenvalue weighted by Crippen LogP contribution is -2.39. The van der Waals surface area contributed by atoms with Crippen LogP contribution in [-0.4, -0.2) is 38.3 Å². The number of hydrogen-bond acceptors (Lipinski definition) is 5. The Morgan fingerprint density at radius 1 is 1.10 bits per heavy atom. The summed E-state index contributed by atoms with van der Waals surface area (Å²) in [6.45, 7) is 0.319. The van der Waals surface area contributed by atoms with Crippen molar-refractivity contribution in [1.29, 1.82) is 0 Å². The number of amides is 2. The van der Waals surface area contributed by atoms with Crippen LogP contribution >= 0.6 is 0 Å². The Balaban J connectivity index is 1.74. The summed E-state index contributed by atoms with van der Waals surface area (Å²) in [6.07, 6.45) is 3.09. The minimum Gasteiger partial charge on any atom is -0.508 e. The van der Waals surface area contributed by atoms with E-state index in [2.05, 4.69) is 20.9 Å². The second kappa shape index (κ2) is 6.32. The van der Waals surface area contributed by atoms with E-state index in [-0.39, 0.29) is 5.75 Å². The molecule has 2 rings (SSSR count). The van der Waals surface area contributed by atoms with Gasteiger partial charge in [0.05, 0.1) is 0 Å². The van der Waals surface area contributed by atoms with Crippen molar-refractivity contribution in [2.45, 2.75) is 6.42 Å². The maximum atomic E-state index is 11.5. The molecule has 0 atom stereocenters. The number of benzene rings is 1. The molecule has 1 aromatic carbocycles. The second-order valence-electron chi connectivity index (χ2n) is 3.98. The van der Waals surface area contributed by atoms with Crippen molar-refractivity contribution in [3.63, 3.8) is 0 Å². The summed E-state index contributed by atoms with van der Waals surface area (Å²) >= 11 is 0. The van der Waals surface area contributed by atoms with E-state index in [0.29, 0.717) is 13.0 Å². The molecule has 0 unspecified atom stereocenters. The van der Waals surface area contributed by atoms with E-state index >= 15 is 0 Å². The van der Waals surface area contributed by atoms with E-state index in [1.807, 2.05) is 0 Å². The Hall–Kier alpha value is -2.90. The molecule has 0 bridgehead atoms. The highest BCUT2D eigenvalue weighted by Crippen LogP contribution is 2.09. The zero-order valence-electron chi connectivity index (χ0n) is 10.5. The number of carbonyl (C=O) groups is 2. The van der Waals surface area contributed by atoms with Gasteiger partial charge in [0.2, 0.25) is 0 Å². The third-order valence-electron chi connectivity index (χ3n) is 2.49. The number of aromatic nitrogens is 3. The molecule has 0 saturated carbocycles.